The molecule has 0 saturated carbocycles. The first-order valence-corrected chi connectivity index (χ1v) is 7.18. The largest absolute Gasteiger partial charge is 0.317 e. The maximum atomic E-state index is 12.5. The Hall–Kier alpha value is -1.06. The van der Waals surface area contributed by atoms with Crippen molar-refractivity contribution >= 4 is 24.0 Å². The summed E-state index contributed by atoms with van der Waals surface area (Å²) in [5, 5.41) is 3.30. The lowest BCUT2D eigenvalue weighted by molar-refractivity contribution is -0.122. The van der Waals surface area contributed by atoms with Gasteiger partial charge < -0.3 is 10.2 Å². The summed E-state index contributed by atoms with van der Waals surface area (Å²) >= 11 is 0. The topological polar surface area (TPSA) is 32.3 Å². The highest BCUT2D eigenvalue weighted by molar-refractivity contribution is 5.94. The summed E-state index contributed by atoms with van der Waals surface area (Å²) in [4.78, 5) is 14.3. The van der Waals surface area contributed by atoms with Gasteiger partial charge in [-0.05, 0) is 49.5 Å². The molecular weight excluding hydrogens is 272 g/mol. The van der Waals surface area contributed by atoms with Gasteiger partial charge in [-0.3, -0.25) is 4.79 Å². The van der Waals surface area contributed by atoms with Gasteiger partial charge in [0.2, 0.25) is 5.91 Å². The van der Waals surface area contributed by atoms with Crippen molar-refractivity contribution in [3.63, 3.8) is 0 Å². The molecule has 1 heterocycles. The van der Waals surface area contributed by atoms with E-state index in [4.69, 9.17) is 0 Å². The van der Waals surface area contributed by atoms with Crippen LogP contribution in [-0.2, 0) is 4.79 Å². The minimum atomic E-state index is 0. The van der Waals surface area contributed by atoms with Crippen LogP contribution in [0.4, 0.5) is 5.69 Å². The van der Waals surface area contributed by atoms with Crippen molar-refractivity contribution in [3.05, 3.63) is 29.8 Å². The van der Waals surface area contributed by atoms with Gasteiger partial charge in [0.1, 0.15) is 0 Å². The quantitative estimate of drug-likeness (QED) is 0.929. The zero-order valence-corrected chi connectivity index (χ0v) is 13.4. The van der Waals surface area contributed by atoms with E-state index in [-0.39, 0.29) is 24.2 Å². The van der Waals surface area contributed by atoms with Crippen molar-refractivity contribution in [1.82, 2.24) is 5.32 Å². The van der Waals surface area contributed by atoms with E-state index in [0.717, 1.165) is 31.6 Å². The smallest absolute Gasteiger partial charge is 0.229 e. The molecule has 1 fully saturated rings. The summed E-state index contributed by atoms with van der Waals surface area (Å²) in [6.45, 7) is 6.26. The molecule has 2 rings (SSSR count). The van der Waals surface area contributed by atoms with Crippen molar-refractivity contribution < 1.29 is 4.79 Å². The third-order valence-corrected chi connectivity index (χ3v) is 3.94. The van der Waals surface area contributed by atoms with Crippen LogP contribution in [0.2, 0.25) is 0 Å². The molecule has 112 valence electrons. The second-order valence-electron chi connectivity index (χ2n) is 5.67. The fraction of sp³-hybridized carbons (Fsp3) is 0.562. The average molecular weight is 297 g/mol. The number of piperidine rings is 1. The molecule has 1 aliphatic heterocycles. The van der Waals surface area contributed by atoms with Crippen molar-refractivity contribution in [1.29, 1.82) is 0 Å². The number of hydrogen-bond acceptors (Lipinski definition) is 2. The van der Waals surface area contributed by atoms with Gasteiger partial charge in [0.05, 0.1) is 0 Å². The molecule has 1 N–H and O–H groups in total. The molecule has 0 unspecified atom stereocenters. The standard InChI is InChI=1S/C16H24N2O.ClH/c1-12(2)14-5-4-6-15(11-14)18(3)16(19)13-7-9-17-10-8-13;/h4-6,11-13,17H,7-10H2,1-3H3;1H. The van der Waals surface area contributed by atoms with E-state index in [0.29, 0.717) is 5.92 Å². The first-order valence-electron chi connectivity index (χ1n) is 7.18. The van der Waals surface area contributed by atoms with Crippen LogP contribution >= 0.6 is 12.4 Å². The van der Waals surface area contributed by atoms with Crippen LogP contribution in [-0.4, -0.2) is 26.0 Å². The van der Waals surface area contributed by atoms with Gasteiger partial charge in [-0.1, -0.05) is 26.0 Å². The number of halogens is 1. The van der Waals surface area contributed by atoms with Crippen molar-refractivity contribution in [2.24, 2.45) is 5.92 Å². The number of carbonyl (C=O) groups is 1. The normalized spacial score (nSPS) is 15.8. The molecule has 1 aromatic rings. The first-order chi connectivity index (χ1) is 9.09. The van der Waals surface area contributed by atoms with E-state index in [9.17, 15) is 4.79 Å². The van der Waals surface area contributed by atoms with E-state index in [1.54, 1.807) is 0 Å². The fourth-order valence-electron chi connectivity index (χ4n) is 2.56. The summed E-state index contributed by atoms with van der Waals surface area (Å²) in [6.07, 6.45) is 1.90. The molecule has 3 nitrogen and oxygen atoms in total. The number of nitrogens with one attached hydrogen (secondary N) is 1. The number of anilines is 1. The Morgan fingerprint density at radius 2 is 1.95 bits per heavy atom. The van der Waals surface area contributed by atoms with Gasteiger partial charge in [0.25, 0.3) is 0 Å². The number of rotatable bonds is 3. The Morgan fingerprint density at radius 1 is 1.30 bits per heavy atom. The molecular formula is C16H25ClN2O. The zero-order valence-electron chi connectivity index (χ0n) is 12.6. The van der Waals surface area contributed by atoms with Crippen LogP contribution in [0.5, 0.6) is 0 Å². The van der Waals surface area contributed by atoms with Gasteiger partial charge >= 0.3 is 0 Å². The summed E-state index contributed by atoms with van der Waals surface area (Å²) in [6, 6.07) is 8.31. The molecule has 1 aromatic carbocycles. The fourth-order valence-corrected chi connectivity index (χ4v) is 2.56. The Kier molecular flexibility index (Phi) is 6.50. The SMILES string of the molecule is CC(C)c1cccc(N(C)C(=O)C2CCNCC2)c1.Cl. The highest BCUT2D eigenvalue weighted by atomic mass is 35.5. The zero-order chi connectivity index (χ0) is 13.8. The Morgan fingerprint density at radius 3 is 2.55 bits per heavy atom. The van der Waals surface area contributed by atoms with Gasteiger partial charge in [-0.2, -0.15) is 0 Å². The minimum absolute atomic E-state index is 0. The van der Waals surface area contributed by atoms with E-state index < -0.39 is 0 Å². The van der Waals surface area contributed by atoms with E-state index >= 15 is 0 Å². The van der Waals surface area contributed by atoms with Gasteiger partial charge in [-0.15, -0.1) is 12.4 Å². The molecule has 0 aliphatic carbocycles. The number of nitrogens with zero attached hydrogens (tertiary/aromatic N) is 1. The summed E-state index contributed by atoms with van der Waals surface area (Å²) < 4.78 is 0. The molecule has 0 radical (unpaired) electrons. The summed E-state index contributed by atoms with van der Waals surface area (Å²) in [5.41, 5.74) is 2.29. The van der Waals surface area contributed by atoms with Crippen molar-refractivity contribution in [3.8, 4) is 0 Å². The van der Waals surface area contributed by atoms with Gasteiger partial charge in [-0.25, -0.2) is 0 Å². The van der Waals surface area contributed by atoms with Crippen LogP contribution in [0.25, 0.3) is 0 Å². The van der Waals surface area contributed by atoms with E-state index in [1.165, 1.54) is 5.56 Å². The monoisotopic (exact) mass is 296 g/mol. The minimum Gasteiger partial charge on any atom is -0.317 e. The second kappa shape index (κ2) is 7.65. The number of hydrogen-bond donors (Lipinski definition) is 1. The molecule has 4 heteroatoms. The lowest BCUT2D eigenvalue weighted by Gasteiger charge is -2.27. The van der Waals surface area contributed by atoms with Crippen LogP contribution in [0.3, 0.4) is 0 Å². The highest BCUT2D eigenvalue weighted by Gasteiger charge is 2.24. The lowest BCUT2D eigenvalue weighted by atomic mass is 9.96. The summed E-state index contributed by atoms with van der Waals surface area (Å²) in [7, 11) is 1.89. The maximum absolute atomic E-state index is 12.5. The number of carbonyl (C=O) groups excluding carboxylic acids is 1. The Balaban J connectivity index is 0.00000200. The van der Waals surface area contributed by atoms with Gasteiger partial charge in [0.15, 0.2) is 0 Å². The molecule has 20 heavy (non-hydrogen) atoms. The Labute approximate surface area is 128 Å². The maximum Gasteiger partial charge on any atom is 0.229 e. The van der Waals surface area contributed by atoms with Crippen LogP contribution in [0, 0.1) is 5.92 Å². The molecule has 0 atom stereocenters. The molecule has 0 aromatic heterocycles. The van der Waals surface area contributed by atoms with Crippen LogP contribution < -0.4 is 10.2 Å². The lowest BCUT2D eigenvalue weighted by Crippen LogP contribution is -2.39. The second-order valence-corrected chi connectivity index (χ2v) is 5.67. The van der Waals surface area contributed by atoms with E-state index in [2.05, 4.69) is 31.3 Å². The predicted octanol–water partition coefficient (Wildman–Crippen LogP) is 3.19. The average Bonchev–Trinajstić information content (AvgIpc) is 2.46. The summed E-state index contributed by atoms with van der Waals surface area (Å²) in [5.74, 6) is 0.915. The van der Waals surface area contributed by atoms with Crippen molar-refractivity contribution in [2.45, 2.75) is 32.6 Å². The molecule has 0 spiro atoms. The third kappa shape index (κ3) is 3.97. The molecule has 1 saturated heterocycles. The van der Waals surface area contributed by atoms with Gasteiger partial charge in [0, 0.05) is 18.7 Å². The van der Waals surface area contributed by atoms with Crippen LogP contribution in [0.15, 0.2) is 24.3 Å². The number of benzene rings is 1. The third-order valence-electron chi connectivity index (χ3n) is 3.94. The highest BCUT2D eigenvalue weighted by Crippen LogP contribution is 2.23. The van der Waals surface area contributed by atoms with Crippen molar-refractivity contribution in [2.75, 3.05) is 25.0 Å². The molecule has 1 amide bonds. The predicted molar refractivity (Wildman–Crippen MR) is 86.8 cm³/mol. The van der Waals surface area contributed by atoms with Crippen LogP contribution in [0.1, 0.15) is 38.2 Å². The Bertz CT molecular complexity index is 442. The first kappa shape index (κ1) is 17.0. The van der Waals surface area contributed by atoms with E-state index in [1.807, 2.05) is 24.1 Å². The molecule has 0 bridgehead atoms. The number of amides is 1. The molecule has 1 aliphatic rings.